The molecule has 140 valence electrons. The van der Waals surface area contributed by atoms with Crippen LogP contribution in [0.1, 0.15) is 31.4 Å². The SMILES string of the molecule is Cn1c(CCNC(=O)c2ccc(CNC(=O)c3cccs3)cc2)n[nH]c1=S. The summed E-state index contributed by atoms with van der Waals surface area (Å²) in [6.45, 7) is 0.878. The molecule has 0 radical (unpaired) electrons. The zero-order chi connectivity index (χ0) is 19.2. The molecule has 9 heteroatoms. The second-order valence-corrected chi connectivity index (χ2v) is 7.20. The van der Waals surface area contributed by atoms with Crippen LogP contribution in [-0.2, 0) is 20.0 Å². The van der Waals surface area contributed by atoms with Crippen molar-refractivity contribution in [2.45, 2.75) is 13.0 Å². The summed E-state index contributed by atoms with van der Waals surface area (Å²) in [5, 5.41) is 14.4. The van der Waals surface area contributed by atoms with E-state index in [-0.39, 0.29) is 11.8 Å². The van der Waals surface area contributed by atoms with Gasteiger partial charge in [0.15, 0.2) is 4.77 Å². The zero-order valence-corrected chi connectivity index (χ0v) is 16.3. The molecule has 3 rings (SSSR count). The van der Waals surface area contributed by atoms with Crippen molar-refractivity contribution in [2.24, 2.45) is 7.05 Å². The second-order valence-electron chi connectivity index (χ2n) is 5.87. The fourth-order valence-electron chi connectivity index (χ4n) is 2.44. The van der Waals surface area contributed by atoms with Crippen LogP contribution >= 0.6 is 23.6 Å². The van der Waals surface area contributed by atoms with Crippen molar-refractivity contribution in [1.82, 2.24) is 25.4 Å². The molecule has 3 N–H and O–H groups in total. The molecule has 0 fully saturated rings. The average Bonchev–Trinajstić information content (AvgIpc) is 3.32. The number of aromatic amines is 1. The normalized spacial score (nSPS) is 10.6. The maximum atomic E-state index is 12.2. The zero-order valence-electron chi connectivity index (χ0n) is 14.7. The highest BCUT2D eigenvalue weighted by Gasteiger charge is 2.08. The van der Waals surface area contributed by atoms with Crippen molar-refractivity contribution in [3.63, 3.8) is 0 Å². The summed E-state index contributed by atoms with van der Waals surface area (Å²) >= 11 is 6.46. The van der Waals surface area contributed by atoms with Crippen molar-refractivity contribution in [1.29, 1.82) is 0 Å². The van der Waals surface area contributed by atoms with Gasteiger partial charge in [-0.15, -0.1) is 11.3 Å². The van der Waals surface area contributed by atoms with Gasteiger partial charge in [-0.25, -0.2) is 0 Å². The fourth-order valence-corrected chi connectivity index (χ4v) is 3.24. The van der Waals surface area contributed by atoms with Crippen molar-refractivity contribution in [3.8, 4) is 0 Å². The molecule has 0 atom stereocenters. The number of hydrogen-bond acceptors (Lipinski definition) is 5. The van der Waals surface area contributed by atoms with Crippen LogP contribution in [0.2, 0.25) is 0 Å². The second kappa shape index (κ2) is 8.74. The van der Waals surface area contributed by atoms with E-state index in [9.17, 15) is 9.59 Å². The number of nitrogens with one attached hydrogen (secondary N) is 3. The Balaban J connectivity index is 1.47. The molecular formula is C18H19N5O2S2. The van der Waals surface area contributed by atoms with Crippen LogP contribution in [0.5, 0.6) is 0 Å². The molecule has 2 amide bonds. The van der Waals surface area contributed by atoms with Gasteiger partial charge in [-0.05, 0) is 41.4 Å². The molecule has 1 aromatic carbocycles. The Kier molecular flexibility index (Phi) is 6.15. The van der Waals surface area contributed by atoms with Crippen molar-refractivity contribution in [2.75, 3.05) is 6.54 Å². The molecule has 0 aliphatic rings. The van der Waals surface area contributed by atoms with Crippen LogP contribution in [0.15, 0.2) is 41.8 Å². The summed E-state index contributed by atoms with van der Waals surface area (Å²) in [6, 6.07) is 10.8. The predicted molar refractivity (Wildman–Crippen MR) is 106 cm³/mol. The first kappa shape index (κ1) is 19.0. The predicted octanol–water partition coefficient (Wildman–Crippen LogP) is 2.44. The Morgan fingerprint density at radius 1 is 1.19 bits per heavy atom. The number of thiophene rings is 1. The topological polar surface area (TPSA) is 91.8 Å². The lowest BCUT2D eigenvalue weighted by molar-refractivity contribution is 0.0945. The van der Waals surface area contributed by atoms with E-state index in [4.69, 9.17) is 12.2 Å². The highest BCUT2D eigenvalue weighted by molar-refractivity contribution is 7.71. The molecule has 3 aromatic rings. The van der Waals surface area contributed by atoms with E-state index in [2.05, 4.69) is 20.8 Å². The Morgan fingerprint density at radius 3 is 2.59 bits per heavy atom. The average molecular weight is 402 g/mol. The largest absolute Gasteiger partial charge is 0.352 e. The van der Waals surface area contributed by atoms with Gasteiger partial charge in [-0.1, -0.05) is 18.2 Å². The van der Waals surface area contributed by atoms with E-state index < -0.39 is 0 Å². The van der Waals surface area contributed by atoms with E-state index in [1.165, 1.54) is 11.3 Å². The van der Waals surface area contributed by atoms with E-state index in [0.29, 0.717) is 34.7 Å². The van der Waals surface area contributed by atoms with E-state index in [1.807, 2.05) is 30.6 Å². The number of hydrogen-bond donors (Lipinski definition) is 3. The maximum Gasteiger partial charge on any atom is 0.261 e. The van der Waals surface area contributed by atoms with Crippen LogP contribution in [0.3, 0.4) is 0 Å². The Morgan fingerprint density at radius 2 is 1.96 bits per heavy atom. The third kappa shape index (κ3) is 4.89. The minimum absolute atomic E-state index is 0.0967. The molecule has 27 heavy (non-hydrogen) atoms. The Bertz CT molecular complexity index is 974. The van der Waals surface area contributed by atoms with Crippen LogP contribution in [0.25, 0.3) is 0 Å². The molecule has 0 bridgehead atoms. The highest BCUT2D eigenvalue weighted by Crippen LogP contribution is 2.09. The summed E-state index contributed by atoms with van der Waals surface area (Å²) in [7, 11) is 1.83. The maximum absolute atomic E-state index is 12.2. The first-order valence-electron chi connectivity index (χ1n) is 8.33. The van der Waals surface area contributed by atoms with E-state index in [1.54, 1.807) is 22.8 Å². The van der Waals surface area contributed by atoms with Gasteiger partial charge in [0.2, 0.25) is 0 Å². The smallest absolute Gasteiger partial charge is 0.261 e. The summed E-state index contributed by atoms with van der Waals surface area (Å²) in [5.41, 5.74) is 1.50. The van der Waals surface area contributed by atoms with Gasteiger partial charge in [-0.3, -0.25) is 14.7 Å². The van der Waals surface area contributed by atoms with Crippen LogP contribution in [0, 0.1) is 4.77 Å². The first-order chi connectivity index (χ1) is 13.0. The van der Waals surface area contributed by atoms with Gasteiger partial charge in [0.25, 0.3) is 11.8 Å². The Hall–Kier alpha value is -2.78. The number of carbonyl (C=O) groups excluding carboxylic acids is 2. The van der Waals surface area contributed by atoms with Gasteiger partial charge < -0.3 is 15.2 Å². The molecule has 0 spiro atoms. The van der Waals surface area contributed by atoms with Crippen molar-refractivity contribution in [3.05, 3.63) is 68.4 Å². The number of rotatable bonds is 7. The molecule has 0 saturated carbocycles. The summed E-state index contributed by atoms with van der Waals surface area (Å²) < 4.78 is 2.33. The van der Waals surface area contributed by atoms with Gasteiger partial charge in [-0.2, -0.15) is 5.10 Å². The van der Waals surface area contributed by atoms with E-state index >= 15 is 0 Å². The lowest BCUT2D eigenvalue weighted by Crippen LogP contribution is -2.26. The van der Waals surface area contributed by atoms with E-state index in [0.717, 1.165) is 11.4 Å². The number of benzene rings is 1. The molecule has 0 aliphatic heterocycles. The lowest BCUT2D eigenvalue weighted by atomic mass is 10.1. The molecule has 0 saturated heterocycles. The monoisotopic (exact) mass is 401 g/mol. The van der Waals surface area contributed by atoms with Crippen LogP contribution in [0.4, 0.5) is 0 Å². The third-order valence-corrected chi connectivity index (χ3v) is 5.25. The number of amides is 2. The van der Waals surface area contributed by atoms with Gasteiger partial charge in [0.05, 0.1) is 4.88 Å². The molecule has 2 aromatic heterocycles. The fraction of sp³-hybridized carbons (Fsp3) is 0.222. The van der Waals surface area contributed by atoms with Crippen LogP contribution in [-0.4, -0.2) is 33.1 Å². The summed E-state index contributed by atoms with van der Waals surface area (Å²) in [6.07, 6.45) is 0.586. The summed E-state index contributed by atoms with van der Waals surface area (Å²) in [4.78, 5) is 24.8. The quantitative estimate of drug-likeness (QED) is 0.530. The van der Waals surface area contributed by atoms with Gasteiger partial charge in [0, 0.05) is 32.1 Å². The molecule has 0 aliphatic carbocycles. The lowest BCUT2D eigenvalue weighted by Gasteiger charge is -2.07. The highest BCUT2D eigenvalue weighted by atomic mass is 32.1. The first-order valence-corrected chi connectivity index (χ1v) is 9.62. The summed E-state index contributed by atoms with van der Waals surface area (Å²) in [5.74, 6) is 0.540. The molecule has 7 nitrogen and oxygen atoms in total. The number of carbonyl (C=O) groups is 2. The number of nitrogens with zero attached hydrogens (tertiary/aromatic N) is 2. The van der Waals surface area contributed by atoms with Crippen molar-refractivity contribution < 1.29 is 9.59 Å². The molecule has 2 heterocycles. The van der Waals surface area contributed by atoms with Gasteiger partial charge in [0.1, 0.15) is 5.82 Å². The number of aromatic nitrogens is 3. The van der Waals surface area contributed by atoms with Crippen molar-refractivity contribution >= 4 is 35.4 Å². The number of H-pyrrole nitrogens is 1. The molecule has 0 unspecified atom stereocenters. The standard InChI is InChI=1S/C18H19N5O2S2/c1-23-15(21-22-18(23)26)8-9-19-16(24)13-6-4-12(5-7-13)11-20-17(25)14-3-2-10-27-14/h2-7,10H,8-9,11H2,1H3,(H,19,24)(H,20,25)(H,22,26). The van der Waals surface area contributed by atoms with Gasteiger partial charge >= 0.3 is 0 Å². The Labute approximate surface area is 165 Å². The minimum Gasteiger partial charge on any atom is -0.352 e. The van der Waals surface area contributed by atoms with Crippen LogP contribution < -0.4 is 10.6 Å². The third-order valence-electron chi connectivity index (χ3n) is 4.02. The molecular weight excluding hydrogens is 382 g/mol. The minimum atomic E-state index is -0.152.